The number of amides is 2. The van der Waals surface area contributed by atoms with Crippen molar-refractivity contribution in [1.29, 1.82) is 0 Å². The lowest BCUT2D eigenvalue weighted by Gasteiger charge is -2.13. The van der Waals surface area contributed by atoms with Crippen LogP contribution in [0.1, 0.15) is 24.2 Å². The van der Waals surface area contributed by atoms with E-state index in [4.69, 9.17) is 9.47 Å². The van der Waals surface area contributed by atoms with Gasteiger partial charge in [-0.2, -0.15) is 0 Å². The number of carbonyl (C=O) groups is 3. The smallest absolute Gasteiger partial charge is 0.326 e. The zero-order valence-corrected chi connectivity index (χ0v) is 12.8. The fourth-order valence-electron chi connectivity index (χ4n) is 1.61. The van der Waals surface area contributed by atoms with Crippen molar-refractivity contribution < 1.29 is 23.9 Å². The van der Waals surface area contributed by atoms with E-state index in [1.54, 1.807) is 31.2 Å². The minimum absolute atomic E-state index is 0.311. The molecule has 0 aliphatic carbocycles. The van der Waals surface area contributed by atoms with Gasteiger partial charge in [0.15, 0.2) is 6.10 Å². The number of carbonyl (C=O) groups excluding carboxylic acids is 3. The maximum absolute atomic E-state index is 11.8. The third kappa shape index (κ3) is 5.43. The van der Waals surface area contributed by atoms with Crippen molar-refractivity contribution in [2.45, 2.75) is 20.0 Å². The Morgan fingerprint density at radius 1 is 1.14 bits per heavy atom. The van der Waals surface area contributed by atoms with Crippen molar-refractivity contribution in [3.63, 3.8) is 0 Å². The van der Waals surface area contributed by atoms with E-state index >= 15 is 0 Å². The van der Waals surface area contributed by atoms with Crippen LogP contribution in [-0.2, 0) is 14.3 Å². The molecule has 7 nitrogen and oxygen atoms in total. The Kier molecular flexibility index (Phi) is 6.88. The summed E-state index contributed by atoms with van der Waals surface area (Å²) in [5, 5.41) is 4.96. The molecule has 2 N–H and O–H groups in total. The van der Waals surface area contributed by atoms with Gasteiger partial charge in [-0.25, -0.2) is 0 Å². The summed E-state index contributed by atoms with van der Waals surface area (Å²) in [5.74, 6) is -0.838. The van der Waals surface area contributed by atoms with E-state index in [9.17, 15) is 14.4 Å². The van der Waals surface area contributed by atoms with E-state index < -0.39 is 18.0 Å². The van der Waals surface area contributed by atoms with Crippen LogP contribution in [0.5, 0.6) is 5.75 Å². The van der Waals surface area contributed by atoms with E-state index in [1.807, 2.05) is 0 Å². The topological polar surface area (TPSA) is 93.7 Å². The number of esters is 1. The molecule has 0 aliphatic heterocycles. The summed E-state index contributed by atoms with van der Waals surface area (Å²) in [7, 11) is 1.53. The van der Waals surface area contributed by atoms with Crippen LogP contribution in [0.2, 0.25) is 0 Å². The molecule has 0 bridgehead atoms. The van der Waals surface area contributed by atoms with E-state index in [0.717, 1.165) is 0 Å². The number of methoxy groups -OCH3 is 1. The molecule has 22 heavy (non-hydrogen) atoms. The van der Waals surface area contributed by atoms with Crippen LogP contribution in [0.4, 0.5) is 0 Å². The predicted molar refractivity (Wildman–Crippen MR) is 79.6 cm³/mol. The van der Waals surface area contributed by atoms with Crippen molar-refractivity contribution in [3.8, 4) is 5.75 Å². The van der Waals surface area contributed by atoms with Gasteiger partial charge >= 0.3 is 5.97 Å². The summed E-state index contributed by atoms with van der Waals surface area (Å²) in [6, 6.07) is 6.45. The lowest BCUT2D eigenvalue weighted by molar-refractivity contribution is -0.153. The summed E-state index contributed by atoms with van der Waals surface area (Å²) in [4.78, 5) is 34.8. The van der Waals surface area contributed by atoms with Crippen LogP contribution < -0.4 is 15.4 Å². The first-order valence-electron chi connectivity index (χ1n) is 6.87. The molecule has 0 aromatic heterocycles. The summed E-state index contributed by atoms with van der Waals surface area (Å²) in [6.45, 7) is 3.37. The number of nitrogens with one attached hydrogen (secondary N) is 2. The van der Waals surface area contributed by atoms with Crippen LogP contribution in [0.25, 0.3) is 0 Å². The van der Waals surface area contributed by atoms with Crippen LogP contribution >= 0.6 is 0 Å². The highest BCUT2D eigenvalue weighted by atomic mass is 16.5. The molecule has 0 unspecified atom stereocenters. The maximum Gasteiger partial charge on any atom is 0.326 e. The number of rotatable bonds is 7. The van der Waals surface area contributed by atoms with Crippen molar-refractivity contribution in [3.05, 3.63) is 29.8 Å². The Labute approximate surface area is 129 Å². The number of likely N-dealkylation sites (N-methyl/N-ethyl adjacent to an activating group) is 1. The molecule has 2 amide bonds. The number of hydrogen-bond donors (Lipinski definition) is 2. The molecule has 1 aromatic rings. The number of hydrogen-bond acceptors (Lipinski definition) is 5. The van der Waals surface area contributed by atoms with Crippen LogP contribution in [-0.4, -0.2) is 44.1 Å². The summed E-state index contributed by atoms with van der Waals surface area (Å²) < 4.78 is 9.89. The molecule has 0 saturated carbocycles. The second-order valence-corrected chi connectivity index (χ2v) is 4.44. The first kappa shape index (κ1) is 17.5. The van der Waals surface area contributed by atoms with Crippen molar-refractivity contribution in [2.24, 2.45) is 0 Å². The van der Waals surface area contributed by atoms with Gasteiger partial charge in [0.25, 0.3) is 11.8 Å². The average molecular weight is 308 g/mol. The van der Waals surface area contributed by atoms with Gasteiger partial charge in [-0.1, -0.05) is 0 Å². The van der Waals surface area contributed by atoms with E-state index in [0.29, 0.717) is 17.9 Å². The molecule has 0 fully saturated rings. The van der Waals surface area contributed by atoms with Crippen LogP contribution in [0, 0.1) is 0 Å². The summed E-state index contributed by atoms with van der Waals surface area (Å²) in [5.41, 5.74) is 0.394. The van der Waals surface area contributed by atoms with Gasteiger partial charge in [0, 0.05) is 12.1 Å². The van der Waals surface area contributed by atoms with Gasteiger partial charge in [0.2, 0.25) is 0 Å². The monoisotopic (exact) mass is 308 g/mol. The molecule has 120 valence electrons. The lowest BCUT2D eigenvalue weighted by atomic mass is 10.2. The van der Waals surface area contributed by atoms with Crippen LogP contribution in [0.15, 0.2) is 24.3 Å². The highest BCUT2D eigenvalue weighted by molar-refractivity contribution is 5.96. The van der Waals surface area contributed by atoms with Gasteiger partial charge in [-0.15, -0.1) is 0 Å². The third-order valence-corrected chi connectivity index (χ3v) is 2.77. The maximum atomic E-state index is 11.8. The fraction of sp³-hybridized carbons (Fsp3) is 0.400. The highest BCUT2D eigenvalue weighted by Crippen LogP contribution is 2.10. The first-order chi connectivity index (χ1) is 10.5. The highest BCUT2D eigenvalue weighted by Gasteiger charge is 2.17. The van der Waals surface area contributed by atoms with E-state index in [1.165, 1.54) is 14.0 Å². The minimum atomic E-state index is -0.898. The standard InChI is InChI=1S/C15H20N2O5/c1-4-16-14(19)10(2)22-13(18)9-17-15(20)11-5-7-12(21-3)8-6-11/h5-8,10H,4,9H2,1-3H3,(H,16,19)(H,17,20)/t10-/m1/s1. The molecule has 7 heteroatoms. The van der Waals surface area contributed by atoms with Crippen molar-refractivity contribution in [2.75, 3.05) is 20.2 Å². The van der Waals surface area contributed by atoms with Crippen LogP contribution in [0.3, 0.4) is 0 Å². The normalized spacial score (nSPS) is 11.2. The molecule has 1 atom stereocenters. The minimum Gasteiger partial charge on any atom is -0.497 e. The van der Waals surface area contributed by atoms with E-state index in [2.05, 4.69) is 10.6 Å². The molecule has 0 aliphatic rings. The molecule has 0 spiro atoms. The van der Waals surface area contributed by atoms with Crippen molar-refractivity contribution in [1.82, 2.24) is 10.6 Å². The Morgan fingerprint density at radius 3 is 2.32 bits per heavy atom. The zero-order valence-electron chi connectivity index (χ0n) is 12.8. The summed E-state index contributed by atoms with van der Waals surface area (Å²) >= 11 is 0. The van der Waals surface area contributed by atoms with Gasteiger partial charge in [0.1, 0.15) is 12.3 Å². The summed E-state index contributed by atoms with van der Waals surface area (Å²) in [6.07, 6.45) is -0.898. The number of ether oxygens (including phenoxy) is 2. The molecule has 1 aromatic carbocycles. The fourth-order valence-corrected chi connectivity index (χ4v) is 1.61. The molecular formula is C15H20N2O5. The van der Waals surface area contributed by atoms with Gasteiger partial charge in [-0.05, 0) is 38.1 Å². The third-order valence-electron chi connectivity index (χ3n) is 2.77. The predicted octanol–water partition coefficient (Wildman–Crippen LogP) is 0.493. The quantitative estimate of drug-likeness (QED) is 0.715. The SMILES string of the molecule is CCNC(=O)[C@@H](C)OC(=O)CNC(=O)c1ccc(OC)cc1. The van der Waals surface area contributed by atoms with E-state index in [-0.39, 0.29) is 12.5 Å². The second-order valence-electron chi connectivity index (χ2n) is 4.44. The first-order valence-corrected chi connectivity index (χ1v) is 6.87. The largest absolute Gasteiger partial charge is 0.497 e. The van der Waals surface area contributed by atoms with Crippen molar-refractivity contribution >= 4 is 17.8 Å². The molecule has 0 heterocycles. The average Bonchev–Trinajstić information content (AvgIpc) is 2.52. The molecule has 0 saturated heterocycles. The Morgan fingerprint density at radius 2 is 1.77 bits per heavy atom. The Balaban J connectivity index is 2.42. The number of benzene rings is 1. The Bertz CT molecular complexity index is 527. The van der Waals surface area contributed by atoms with Gasteiger partial charge < -0.3 is 20.1 Å². The lowest BCUT2D eigenvalue weighted by Crippen LogP contribution is -2.38. The molecular weight excluding hydrogens is 288 g/mol. The molecule has 1 rings (SSSR count). The molecule has 0 radical (unpaired) electrons. The zero-order chi connectivity index (χ0) is 16.5. The Hall–Kier alpha value is -2.57. The van der Waals surface area contributed by atoms with Gasteiger partial charge in [-0.3, -0.25) is 14.4 Å². The van der Waals surface area contributed by atoms with Gasteiger partial charge in [0.05, 0.1) is 7.11 Å². The second kappa shape index (κ2) is 8.66.